The van der Waals surface area contributed by atoms with Crippen LogP contribution in [0.25, 0.3) is 5.69 Å². The van der Waals surface area contributed by atoms with Gasteiger partial charge in [-0.1, -0.05) is 0 Å². The normalized spacial score (nSPS) is 11.5. The first-order valence-electron chi connectivity index (χ1n) is 4.83. The lowest BCUT2D eigenvalue weighted by atomic mass is 10.2. The average molecular weight is 256 g/mol. The van der Waals surface area contributed by atoms with Crippen LogP contribution >= 0.6 is 0 Å². The van der Waals surface area contributed by atoms with Crippen LogP contribution in [0.15, 0.2) is 36.8 Å². The molecule has 1 N–H and O–H groups in total. The SMILES string of the molecule is O=C(O)c1cncn1-c1ccc(C(F)(F)F)cc1. The van der Waals surface area contributed by atoms with Crippen LogP contribution in [0.4, 0.5) is 13.2 Å². The van der Waals surface area contributed by atoms with Crippen molar-refractivity contribution >= 4 is 5.97 Å². The van der Waals surface area contributed by atoms with Crippen molar-refractivity contribution in [1.82, 2.24) is 9.55 Å². The number of halogens is 3. The van der Waals surface area contributed by atoms with Crippen molar-refractivity contribution in [2.75, 3.05) is 0 Å². The van der Waals surface area contributed by atoms with E-state index in [1.807, 2.05) is 0 Å². The van der Waals surface area contributed by atoms with Crippen molar-refractivity contribution in [2.24, 2.45) is 0 Å². The number of carbonyl (C=O) groups is 1. The Morgan fingerprint density at radius 1 is 1.22 bits per heavy atom. The Balaban J connectivity index is 2.41. The molecule has 0 aliphatic carbocycles. The molecule has 0 atom stereocenters. The molecule has 0 bridgehead atoms. The van der Waals surface area contributed by atoms with Crippen LogP contribution in [0.1, 0.15) is 16.1 Å². The van der Waals surface area contributed by atoms with Crippen LogP contribution in [0.5, 0.6) is 0 Å². The molecule has 0 aliphatic rings. The van der Waals surface area contributed by atoms with Gasteiger partial charge in [-0.05, 0) is 24.3 Å². The predicted octanol–water partition coefficient (Wildman–Crippen LogP) is 2.59. The monoisotopic (exact) mass is 256 g/mol. The number of hydrogen-bond acceptors (Lipinski definition) is 2. The van der Waals surface area contributed by atoms with Crippen molar-refractivity contribution in [3.8, 4) is 5.69 Å². The van der Waals surface area contributed by atoms with E-state index in [2.05, 4.69) is 4.98 Å². The van der Waals surface area contributed by atoms with E-state index in [-0.39, 0.29) is 5.69 Å². The Labute approximate surface area is 99.3 Å². The van der Waals surface area contributed by atoms with Crippen molar-refractivity contribution in [3.63, 3.8) is 0 Å². The number of aromatic nitrogens is 2. The van der Waals surface area contributed by atoms with Gasteiger partial charge in [0.1, 0.15) is 0 Å². The molecule has 0 aliphatic heterocycles. The van der Waals surface area contributed by atoms with E-state index in [0.717, 1.165) is 18.3 Å². The van der Waals surface area contributed by atoms with Gasteiger partial charge in [-0.15, -0.1) is 0 Å². The highest BCUT2D eigenvalue weighted by molar-refractivity contribution is 5.86. The van der Waals surface area contributed by atoms with E-state index in [9.17, 15) is 18.0 Å². The van der Waals surface area contributed by atoms with Gasteiger partial charge in [0.25, 0.3) is 0 Å². The Bertz CT molecular complexity index is 573. The summed E-state index contributed by atoms with van der Waals surface area (Å²) in [6.45, 7) is 0. The molecule has 2 rings (SSSR count). The summed E-state index contributed by atoms with van der Waals surface area (Å²) in [7, 11) is 0. The largest absolute Gasteiger partial charge is 0.477 e. The molecule has 1 heterocycles. The van der Waals surface area contributed by atoms with Gasteiger partial charge in [0, 0.05) is 5.69 Å². The number of alkyl halides is 3. The van der Waals surface area contributed by atoms with E-state index >= 15 is 0 Å². The van der Waals surface area contributed by atoms with Crippen LogP contribution in [0.2, 0.25) is 0 Å². The van der Waals surface area contributed by atoms with E-state index in [0.29, 0.717) is 5.69 Å². The number of aromatic carboxylic acids is 1. The standard InChI is InChI=1S/C11H7F3N2O2/c12-11(13,14)7-1-3-8(4-2-7)16-6-15-5-9(16)10(17)18/h1-6H,(H,17,18). The summed E-state index contributed by atoms with van der Waals surface area (Å²) >= 11 is 0. The molecule has 0 saturated heterocycles. The summed E-state index contributed by atoms with van der Waals surface area (Å²) in [5, 5.41) is 8.86. The maximum Gasteiger partial charge on any atom is 0.416 e. The van der Waals surface area contributed by atoms with Gasteiger partial charge in [0.2, 0.25) is 0 Å². The molecule has 0 fully saturated rings. The molecular weight excluding hydrogens is 249 g/mol. The molecule has 0 radical (unpaired) electrons. The maximum atomic E-state index is 12.4. The summed E-state index contributed by atoms with van der Waals surface area (Å²) in [6, 6.07) is 4.16. The topological polar surface area (TPSA) is 55.1 Å². The van der Waals surface area contributed by atoms with E-state index in [4.69, 9.17) is 5.11 Å². The van der Waals surface area contributed by atoms with Gasteiger partial charge in [-0.3, -0.25) is 4.57 Å². The van der Waals surface area contributed by atoms with Crippen LogP contribution in [0.3, 0.4) is 0 Å². The quantitative estimate of drug-likeness (QED) is 0.898. The highest BCUT2D eigenvalue weighted by atomic mass is 19.4. The smallest absolute Gasteiger partial charge is 0.416 e. The third kappa shape index (κ3) is 2.20. The molecule has 1 aromatic heterocycles. The fourth-order valence-electron chi connectivity index (χ4n) is 1.47. The molecule has 0 amide bonds. The van der Waals surface area contributed by atoms with E-state index in [1.165, 1.54) is 23.0 Å². The van der Waals surface area contributed by atoms with Gasteiger partial charge < -0.3 is 5.11 Å². The summed E-state index contributed by atoms with van der Waals surface area (Å²) in [6.07, 6.45) is -2.06. The van der Waals surface area contributed by atoms with Crippen LogP contribution in [0, 0.1) is 0 Å². The summed E-state index contributed by atoms with van der Waals surface area (Å²) in [5.41, 5.74) is -0.601. The number of imidazole rings is 1. The fraction of sp³-hybridized carbons (Fsp3) is 0.0909. The predicted molar refractivity (Wildman–Crippen MR) is 55.5 cm³/mol. The first kappa shape index (κ1) is 12.2. The summed E-state index contributed by atoms with van der Waals surface area (Å²) in [4.78, 5) is 14.5. The van der Waals surface area contributed by atoms with Gasteiger partial charge in [-0.25, -0.2) is 9.78 Å². The molecule has 4 nitrogen and oxygen atoms in total. The second kappa shape index (κ2) is 4.17. The minimum Gasteiger partial charge on any atom is -0.477 e. The highest BCUT2D eigenvalue weighted by Gasteiger charge is 2.30. The van der Waals surface area contributed by atoms with Crippen LogP contribution < -0.4 is 0 Å². The lowest BCUT2D eigenvalue weighted by Gasteiger charge is -2.09. The summed E-state index contributed by atoms with van der Waals surface area (Å²) < 4.78 is 38.3. The van der Waals surface area contributed by atoms with E-state index < -0.39 is 17.7 Å². The molecular formula is C11H7F3N2O2. The van der Waals surface area contributed by atoms with Crippen LogP contribution in [-0.2, 0) is 6.18 Å². The Kier molecular flexibility index (Phi) is 2.82. The number of hydrogen-bond donors (Lipinski definition) is 1. The fourth-order valence-corrected chi connectivity index (χ4v) is 1.47. The van der Waals surface area contributed by atoms with Gasteiger partial charge in [0.05, 0.1) is 18.1 Å². The Morgan fingerprint density at radius 2 is 1.83 bits per heavy atom. The maximum absolute atomic E-state index is 12.4. The molecule has 1 aromatic carbocycles. The number of nitrogens with zero attached hydrogens (tertiary/aromatic N) is 2. The molecule has 94 valence electrons. The Morgan fingerprint density at radius 3 is 2.33 bits per heavy atom. The van der Waals surface area contributed by atoms with Crippen LogP contribution in [-0.4, -0.2) is 20.6 Å². The highest BCUT2D eigenvalue weighted by Crippen LogP contribution is 2.29. The number of rotatable bonds is 2. The minimum absolute atomic E-state index is 0.116. The zero-order valence-corrected chi connectivity index (χ0v) is 8.85. The molecule has 0 spiro atoms. The summed E-state index contributed by atoms with van der Waals surface area (Å²) in [5.74, 6) is -1.20. The zero-order valence-electron chi connectivity index (χ0n) is 8.85. The van der Waals surface area contributed by atoms with Gasteiger partial charge in [0.15, 0.2) is 5.69 Å². The van der Waals surface area contributed by atoms with Crippen molar-refractivity contribution < 1.29 is 23.1 Å². The second-order valence-electron chi connectivity index (χ2n) is 3.50. The second-order valence-corrected chi connectivity index (χ2v) is 3.50. The van der Waals surface area contributed by atoms with Crippen molar-refractivity contribution in [1.29, 1.82) is 0 Å². The van der Waals surface area contributed by atoms with Gasteiger partial charge >= 0.3 is 12.1 Å². The van der Waals surface area contributed by atoms with E-state index in [1.54, 1.807) is 0 Å². The first-order valence-corrected chi connectivity index (χ1v) is 4.83. The molecule has 7 heteroatoms. The number of carboxylic acids is 1. The lowest BCUT2D eigenvalue weighted by Crippen LogP contribution is -2.07. The number of benzene rings is 1. The first-order chi connectivity index (χ1) is 8.39. The third-order valence-corrected chi connectivity index (χ3v) is 2.33. The third-order valence-electron chi connectivity index (χ3n) is 2.33. The molecule has 0 saturated carbocycles. The molecule has 0 unspecified atom stereocenters. The van der Waals surface area contributed by atoms with Crippen molar-refractivity contribution in [3.05, 3.63) is 48.0 Å². The average Bonchev–Trinajstić information content (AvgIpc) is 2.77. The van der Waals surface area contributed by atoms with Gasteiger partial charge in [-0.2, -0.15) is 13.2 Å². The lowest BCUT2D eigenvalue weighted by molar-refractivity contribution is -0.137. The molecule has 18 heavy (non-hydrogen) atoms. The zero-order chi connectivity index (χ0) is 13.3. The minimum atomic E-state index is -4.41. The van der Waals surface area contributed by atoms with Crippen molar-refractivity contribution in [2.45, 2.75) is 6.18 Å². The number of carboxylic acid groups (broad SMARTS) is 1. The Hall–Kier alpha value is -2.31. The molecule has 2 aromatic rings.